The Labute approximate surface area is 212 Å². The quantitative estimate of drug-likeness (QED) is 0.217. The van der Waals surface area contributed by atoms with Gasteiger partial charge in [0.2, 0.25) is 0 Å². The maximum atomic E-state index is 12.8. The number of carbonyl (C=O) groups is 1. The Balaban J connectivity index is 2.06. The van der Waals surface area contributed by atoms with Crippen molar-refractivity contribution in [1.82, 2.24) is 4.98 Å². The van der Waals surface area contributed by atoms with Gasteiger partial charge in [-0.05, 0) is 49.6 Å². The molecule has 190 valence electrons. The Morgan fingerprint density at radius 1 is 1.00 bits per heavy atom. The van der Waals surface area contributed by atoms with Gasteiger partial charge < -0.3 is 14.5 Å². The Kier molecular flexibility index (Phi) is 9.00. The summed E-state index contributed by atoms with van der Waals surface area (Å²) in [4.78, 5) is 16.6. The number of nitrogens with one attached hydrogen (secondary N) is 1. The predicted molar refractivity (Wildman–Crippen MR) is 149 cm³/mol. The second kappa shape index (κ2) is 11.6. The minimum absolute atomic E-state index is 0.185. The van der Waals surface area contributed by atoms with Crippen molar-refractivity contribution in [2.24, 2.45) is 0 Å². The Morgan fingerprint density at radius 2 is 1.66 bits per heavy atom. The van der Waals surface area contributed by atoms with Gasteiger partial charge in [-0.1, -0.05) is 82.2 Å². The molecule has 0 aliphatic carbocycles. The molecule has 0 aliphatic heterocycles. The van der Waals surface area contributed by atoms with Gasteiger partial charge in [-0.25, -0.2) is 0 Å². The fraction of sp³-hybridized carbons (Fsp3) is 0.500. The van der Waals surface area contributed by atoms with Crippen LogP contribution in [0.4, 0.5) is 0 Å². The Morgan fingerprint density at radius 3 is 2.26 bits per heavy atom. The highest BCUT2D eigenvalue weighted by Gasteiger charge is 2.37. The first-order valence-corrected chi connectivity index (χ1v) is 15.8. The van der Waals surface area contributed by atoms with Gasteiger partial charge in [-0.3, -0.25) is 4.79 Å². The van der Waals surface area contributed by atoms with Crippen LogP contribution in [0.3, 0.4) is 0 Å². The Hall–Kier alpha value is -2.37. The molecule has 0 spiro atoms. The second-order valence-electron chi connectivity index (χ2n) is 10.3. The highest BCUT2D eigenvalue weighted by molar-refractivity contribution is 6.91. The van der Waals surface area contributed by atoms with E-state index in [4.69, 9.17) is 9.47 Å². The molecule has 1 aromatic heterocycles. The summed E-state index contributed by atoms with van der Waals surface area (Å²) >= 11 is 0. The van der Waals surface area contributed by atoms with Crippen molar-refractivity contribution in [3.05, 3.63) is 65.2 Å². The number of benzene rings is 2. The van der Waals surface area contributed by atoms with Crippen LogP contribution >= 0.6 is 0 Å². The van der Waals surface area contributed by atoms with E-state index in [1.807, 2.05) is 26.8 Å². The second-order valence-corrected chi connectivity index (χ2v) is 15.4. The van der Waals surface area contributed by atoms with Crippen LogP contribution in [0, 0.1) is 0 Å². The molecule has 0 fully saturated rings. The number of aromatic nitrogens is 1. The van der Waals surface area contributed by atoms with Crippen molar-refractivity contribution in [1.29, 1.82) is 0 Å². The smallest absolute Gasteiger partial charge is 0.315 e. The molecular formula is C30H43NO3Si. The standard InChI is InChI=1S/C30H43NO3Si/c1-8-34-29(32)30(6,7)24-17-18-26-25(19-24)27(28(31-26)35(9-2,10-3)11-4)22(5)20-33-21-23-15-13-12-14-16-23/h12-19,22,31H,8-11,20-21H2,1-7H3/t22-/m1/s1. The van der Waals surface area contributed by atoms with E-state index in [-0.39, 0.29) is 11.9 Å². The fourth-order valence-corrected chi connectivity index (χ4v) is 9.17. The van der Waals surface area contributed by atoms with Gasteiger partial charge >= 0.3 is 5.97 Å². The lowest BCUT2D eigenvalue weighted by molar-refractivity contribution is -0.148. The van der Waals surface area contributed by atoms with Crippen molar-refractivity contribution in [3.63, 3.8) is 0 Å². The van der Waals surface area contributed by atoms with E-state index in [0.29, 0.717) is 19.8 Å². The number of ether oxygens (including phenoxy) is 2. The number of rotatable bonds is 12. The maximum Gasteiger partial charge on any atom is 0.315 e. The van der Waals surface area contributed by atoms with Crippen LogP contribution in [0.5, 0.6) is 0 Å². The molecule has 0 saturated carbocycles. The lowest BCUT2D eigenvalue weighted by Crippen LogP contribution is -2.48. The van der Waals surface area contributed by atoms with Gasteiger partial charge in [0.15, 0.2) is 0 Å². The molecule has 1 heterocycles. The highest BCUT2D eigenvalue weighted by Crippen LogP contribution is 2.34. The summed E-state index contributed by atoms with van der Waals surface area (Å²) in [6.45, 7) is 16.7. The zero-order valence-electron chi connectivity index (χ0n) is 22.7. The molecule has 2 aromatic carbocycles. The van der Waals surface area contributed by atoms with Crippen molar-refractivity contribution in [2.75, 3.05) is 13.2 Å². The monoisotopic (exact) mass is 493 g/mol. The molecule has 0 aliphatic rings. The summed E-state index contributed by atoms with van der Waals surface area (Å²) in [5.74, 6) is 0.0511. The van der Waals surface area contributed by atoms with E-state index >= 15 is 0 Å². The van der Waals surface area contributed by atoms with E-state index in [2.05, 4.69) is 75.1 Å². The molecular weight excluding hydrogens is 450 g/mol. The molecule has 0 bridgehead atoms. The summed E-state index contributed by atoms with van der Waals surface area (Å²) < 4.78 is 11.6. The fourth-order valence-electron chi connectivity index (χ4n) is 5.25. The number of hydrogen-bond donors (Lipinski definition) is 1. The molecule has 1 N–H and O–H groups in total. The molecule has 1 atom stereocenters. The molecule has 35 heavy (non-hydrogen) atoms. The molecule has 0 unspecified atom stereocenters. The predicted octanol–water partition coefficient (Wildman–Crippen LogP) is 7.04. The van der Waals surface area contributed by atoms with Crippen molar-refractivity contribution >= 4 is 30.3 Å². The molecule has 4 nitrogen and oxygen atoms in total. The molecule has 3 rings (SSSR count). The van der Waals surface area contributed by atoms with E-state index in [0.717, 1.165) is 11.1 Å². The van der Waals surface area contributed by atoms with Gasteiger partial charge in [0.25, 0.3) is 0 Å². The third kappa shape index (κ3) is 5.57. The number of fused-ring (bicyclic) bond motifs is 1. The first kappa shape index (κ1) is 27.2. The van der Waals surface area contributed by atoms with E-state index in [9.17, 15) is 4.79 Å². The topological polar surface area (TPSA) is 51.3 Å². The van der Waals surface area contributed by atoms with Gasteiger partial charge in [0.05, 0.1) is 25.2 Å². The van der Waals surface area contributed by atoms with Gasteiger partial charge in [-0.2, -0.15) is 0 Å². The minimum atomic E-state index is -1.69. The molecule has 3 aromatic rings. The normalized spacial score (nSPS) is 13.2. The van der Waals surface area contributed by atoms with Crippen LogP contribution in [-0.4, -0.2) is 32.2 Å². The molecule has 0 amide bonds. The average Bonchev–Trinajstić information content (AvgIpc) is 3.25. The van der Waals surface area contributed by atoms with Gasteiger partial charge in [-0.15, -0.1) is 0 Å². The summed E-state index contributed by atoms with van der Waals surface area (Å²) in [6.07, 6.45) is 0. The summed E-state index contributed by atoms with van der Waals surface area (Å²) in [6, 6.07) is 20.4. The number of aromatic amines is 1. The van der Waals surface area contributed by atoms with Crippen molar-refractivity contribution in [2.45, 2.75) is 84.5 Å². The summed E-state index contributed by atoms with van der Waals surface area (Å²) in [5.41, 5.74) is 4.01. The lowest BCUT2D eigenvalue weighted by atomic mass is 9.83. The van der Waals surface area contributed by atoms with Crippen LogP contribution in [0.25, 0.3) is 10.9 Å². The number of hydrogen-bond acceptors (Lipinski definition) is 3. The first-order valence-electron chi connectivity index (χ1n) is 13.2. The van der Waals surface area contributed by atoms with Gasteiger partial charge in [0.1, 0.15) is 8.07 Å². The maximum absolute atomic E-state index is 12.8. The van der Waals surface area contributed by atoms with Crippen molar-refractivity contribution in [3.8, 4) is 0 Å². The number of esters is 1. The van der Waals surface area contributed by atoms with Crippen LogP contribution < -0.4 is 5.32 Å². The SMILES string of the molecule is CCOC(=O)C(C)(C)c1ccc2[nH]c([Si](CC)(CC)CC)c([C@H](C)COCc3ccccc3)c2c1. The summed E-state index contributed by atoms with van der Waals surface area (Å²) in [7, 11) is -1.69. The zero-order valence-corrected chi connectivity index (χ0v) is 23.7. The van der Waals surface area contributed by atoms with Crippen molar-refractivity contribution < 1.29 is 14.3 Å². The molecule has 0 saturated heterocycles. The number of H-pyrrole nitrogens is 1. The van der Waals surface area contributed by atoms with Crippen LogP contribution in [0.1, 0.15) is 71.1 Å². The zero-order chi connectivity index (χ0) is 25.6. The lowest BCUT2D eigenvalue weighted by Gasteiger charge is -2.30. The van der Waals surface area contributed by atoms with Crippen LogP contribution in [0.2, 0.25) is 18.1 Å². The summed E-state index contributed by atoms with van der Waals surface area (Å²) in [5, 5.41) is 2.68. The molecule has 5 heteroatoms. The highest BCUT2D eigenvalue weighted by atomic mass is 28.3. The number of carbonyl (C=O) groups excluding carboxylic acids is 1. The van der Waals surface area contributed by atoms with E-state index in [1.54, 1.807) is 0 Å². The third-order valence-corrected chi connectivity index (χ3v) is 13.4. The van der Waals surface area contributed by atoms with Crippen LogP contribution in [-0.2, 0) is 26.3 Å². The van der Waals surface area contributed by atoms with E-state index in [1.165, 1.54) is 40.0 Å². The average molecular weight is 494 g/mol. The van der Waals surface area contributed by atoms with Gasteiger partial charge in [0, 0.05) is 22.1 Å². The minimum Gasteiger partial charge on any atom is -0.465 e. The van der Waals surface area contributed by atoms with Crippen LogP contribution in [0.15, 0.2) is 48.5 Å². The van der Waals surface area contributed by atoms with E-state index < -0.39 is 13.5 Å². The third-order valence-electron chi connectivity index (χ3n) is 7.88. The Bertz CT molecular complexity index is 1110. The first-order chi connectivity index (χ1) is 16.7. The largest absolute Gasteiger partial charge is 0.465 e. The molecule has 0 radical (unpaired) electrons.